The first-order valence-corrected chi connectivity index (χ1v) is 17.1. The number of hydrogen-bond acceptors (Lipinski definition) is 8. The summed E-state index contributed by atoms with van der Waals surface area (Å²) in [4.78, 5) is 30.3. The van der Waals surface area contributed by atoms with Crippen LogP contribution in [0.15, 0.2) is 63.8 Å². The van der Waals surface area contributed by atoms with Gasteiger partial charge in [-0.1, -0.05) is 57.0 Å². The van der Waals surface area contributed by atoms with Gasteiger partial charge in [0.25, 0.3) is 0 Å². The molecule has 242 valence electrons. The number of benzene rings is 2. The van der Waals surface area contributed by atoms with E-state index in [1.54, 1.807) is 38.3 Å². The van der Waals surface area contributed by atoms with Crippen molar-refractivity contribution in [3.05, 3.63) is 75.1 Å². The van der Waals surface area contributed by atoms with E-state index in [0.717, 1.165) is 17.0 Å². The fourth-order valence-corrected chi connectivity index (χ4v) is 8.06. The van der Waals surface area contributed by atoms with Gasteiger partial charge in [0, 0.05) is 55.0 Å². The van der Waals surface area contributed by atoms with Gasteiger partial charge in [0.2, 0.25) is 5.75 Å². The molecule has 0 saturated carbocycles. The molecule has 0 fully saturated rings. The van der Waals surface area contributed by atoms with Crippen LogP contribution >= 0.6 is 11.6 Å². The molecule has 5 rings (SSSR count). The molecule has 45 heavy (non-hydrogen) atoms. The fraction of sp³-hybridized carbons (Fsp3) is 0.486. The predicted molar refractivity (Wildman–Crippen MR) is 173 cm³/mol. The molecule has 2 aromatic rings. The molecule has 0 unspecified atom stereocenters. The Morgan fingerprint density at radius 2 is 1.47 bits per heavy atom. The summed E-state index contributed by atoms with van der Waals surface area (Å²) in [5.41, 5.74) is 3.91. The topological polar surface area (TPSA) is 99.2 Å². The molecule has 0 atom stereocenters. The van der Waals surface area contributed by atoms with Crippen molar-refractivity contribution in [2.75, 3.05) is 26.9 Å². The molecule has 0 radical (unpaired) electrons. The Kier molecular flexibility index (Phi) is 9.03. The second-order valence-electron chi connectivity index (χ2n) is 13.8. The number of halogens is 1. The van der Waals surface area contributed by atoms with Crippen LogP contribution in [0.3, 0.4) is 0 Å². The zero-order chi connectivity index (χ0) is 32.9. The smallest absolute Gasteiger partial charge is 0.339 e. The molecular formula is C35H42ClNO7S. The highest BCUT2D eigenvalue weighted by molar-refractivity contribution is 7.87. The fourth-order valence-electron chi connectivity index (χ4n) is 6.79. The molecule has 1 heterocycles. The van der Waals surface area contributed by atoms with Crippen LogP contribution in [0, 0.1) is 17.8 Å². The molecule has 3 aliphatic rings. The van der Waals surface area contributed by atoms with Crippen LogP contribution in [0.2, 0.25) is 5.02 Å². The maximum absolute atomic E-state index is 14.1. The van der Waals surface area contributed by atoms with Crippen molar-refractivity contribution in [2.24, 2.45) is 10.8 Å². The molecule has 0 aromatic heterocycles. The third-order valence-corrected chi connectivity index (χ3v) is 10.2. The molecule has 0 bridgehead atoms. The number of ketones is 2. The van der Waals surface area contributed by atoms with Gasteiger partial charge >= 0.3 is 10.1 Å². The monoisotopic (exact) mass is 655 g/mol. The highest BCUT2D eigenvalue weighted by Crippen LogP contribution is 2.55. The normalized spacial score (nSPS) is 19.9. The molecule has 2 aromatic carbocycles. The number of hydrogen-bond donors (Lipinski definition) is 0. The molecule has 10 heteroatoms. The van der Waals surface area contributed by atoms with Crippen molar-refractivity contribution >= 4 is 33.3 Å². The summed E-state index contributed by atoms with van der Waals surface area (Å²) in [5, 5.41) is 0.00456. The summed E-state index contributed by atoms with van der Waals surface area (Å²) in [6.07, 6.45) is 1.99. The maximum atomic E-state index is 14.1. The van der Waals surface area contributed by atoms with E-state index in [1.807, 2.05) is 6.92 Å². The van der Waals surface area contributed by atoms with E-state index < -0.39 is 16.0 Å². The third-order valence-electron chi connectivity index (χ3n) is 8.71. The zero-order valence-corrected chi connectivity index (χ0v) is 28.7. The van der Waals surface area contributed by atoms with Crippen molar-refractivity contribution in [3.63, 3.8) is 0 Å². The van der Waals surface area contributed by atoms with Crippen LogP contribution < -0.4 is 8.92 Å². The zero-order valence-electron chi connectivity index (χ0n) is 27.1. The molecule has 0 N–H and O–H groups in total. The summed E-state index contributed by atoms with van der Waals surface area (Å²) in [6, 6.07) is 9.59. The van der Waals surface area contributed by atoms with Crippen molar-refractivity contribution in [1.82, 2.24) is 4.90 Å². The average Bonchev–Trinajstić information content (AvgIpc) is 2.92. The average molecular weight is 656 g/mol. The quantitative estimate of drug-likeness (QED) is 0.263. The first-order valence-electron chi connectivity index (χ1n) is 15.3. The Morgan fingerprint density at radius 3 is 1.98 bits per heavy atom. The number of nitrogens with zero attached hydrogens (tertiary/aromatic N) is 1. The number of methoxy groups -OCH3 is 1. The van der Waals surface area contributed by atoms with E-state index in [0.29, 0.717) is 55.5 Å². The van der Waals surface area contributed by atoms with E-state index in [-0.39, 0.29) is 50.4 Å². The van der Waals surface area contributed by atoms with Crippen molar-refractivity contribution in [1.29, 1.82) is 0 Å². The number of carbonyl (C=O) groups excluding carboxylic acids is 2. The minimum absolute atomic E-state index is 0.00456. The number of carbonyl (C=O) groups is 2. The molecule has 0 amide bonds. The standard InChI is InChI=1S/C35H42ClNO7S/c1-8-43-29-16-22(15-24(36)33(29)44-45(40,41)23-11-9-21(2)10-12-23)30-31-25(17-34(3,4)19-27(31)38)37(13-14-42-7)26-18-35(5,6)20-28(39)32(26)30/h9-12,15-16,30H,8,13-14,17-20H2,1-7H3. The molecule has 1 aliphatic heterocycles. The summed E-state index contributed by atoms with van der Waals surface area (Å²) in [6.45, 7) is 13.1. The van der Waals surface area contributed by atoms with Crippen molar-refractivity contribution < 1.29 is 31.7 Å². The summed E-state index contributed by atoms with van der Waals surface area (Å²) in [5.74, 6) is -0.742. The van der Waals surface area contributed by atoms with Gasteiger partial charge in [-0.05, 0) is 67.3 Å². The third kappa shape index (κ3) is 6.58. The number of allylic oxidation sites excluding steroid dienone is 4. The van der Waals surface area contributed by atoms with Gasteiger partial charge in [-0.3, -0.25) is 9.59 Å². The van der Waals surface area contributed by atoms with E-state index in [2.05, 4.69) is 32.6 Å². The summed E-state index contributed by atoms with van der Waals surface area (Å²) >= 11 is 6.82. The van der Waals surface area contributed by atoms with Crippen LogP contribution in [0.1, 0.15) is 77.3 Å². The van der Waals surface area contributed by atoms with Crippen molar-refractivity contribution in [2.45, 2.75) is 78.0 Å². The maximum Gasteiger partial charge on any atom is 0.339 e. The highest BCUT2D eigenvalue weighted by atomic mass is 35.5. The molecule has 0 spiro atoms. The summed E-state index contributed by atoms with van der Waals surface area (Å²) in [7, 11) is -2.60. The Hall–Kier alpha value is -3.14. The molecule has 8 nitrogen and oxygen atoms in total. The van der Waals surface area contributed by atoms with E-state index in [1.165, 1.54) is 12.1 Å². The first-order chi connectivity index (χ1) is 21.1. The predicted octanol–water partition coefficient (Wildman–Crippen LogP) is 7.15. The second kappa shape index (κ2) is 12.2. The van der Waals surface area contributed by atoms with E-state index in [9.17, 15) is 18.0 Å². The Bertz CT molecular complexity index is 1650. The summed E-state index contributed by atoms with van der Waals surface area (Å²) < 4.78 is 43.5. The van der Waals surface area contributed by atoms with Gasteiger partial charge in [-0.15, -0.1) is 0 Å². The number of ether oxygens (including phenoxy) is 2. The van der Waals surface area contributed by atoms with Crippen LogP contribution in [-0.2, 0) is 24.4 Å². The van der Waals surface area contributed by atoms with Gasteiger partial charge in [-0.2, -0.15) is 8.42 Å². The minimum atomic E-state index is -4.24. The molecule has 0 saturated heterocycles. The first kappa shape index (κ1) is 33.2. The number of aryl methyl sites for hydroxylation is 1. The van der Waals surface area contributed by atoms with Crippen LogP contribution in [0.5, 0.6) is 11.5 Å². The van der Waals surface area contributed by atoms with Crippen LogP contribution in [-0.4, -0.2) is 51.8 Å². The molecule has 2 aliphatic carbocycles. The van der Waals surface area contributed by atoms with E-state index >= 15 is 0 Å². The number of rotatable bonds is 9. The van der Waals surface area contributed by atoms with Gasteiger partial charge < -0.3 is 18.6 Å². The Balaban J connectivity index is 1.70. The SMILES string of the molecule is CCOc1cc(C2C3=C(CC(C)(C)CC3=O)N(CCOC)C3=C2C(=O)CC(C)(C)C3)cc(Cl)c1OS(=O)(=O)c1ccc(C)cc1. The largest absolute Gasteiger partial charge is 0.490 e. The lowest BCUT2D eigenvalue weighted by molar-refractivity contribution is -0.119. The van der Waals surface area contributed by atoms with Crippen LogP contribution in [0.4, 0.5) is 0 Å². The van der Waals surface area contributed by atoms with Gasteiger partial charge in [-0.25, -0.2) is 0 Å². The lowest BCUT2D eigenvalue weighted by Gasteiger charge is -2.49. The van der Waals surface area contributed by atoms with Gasteiger partial charge in [0.15, 0.2) is 17.3 Å². The van der Waals surface area contributed by atoms with Gasteiger partial charge in [0.05, 0.1) is 18.2 Å². The second-order valence-corrected chi connectivity index (χ2v) is 15.7. The number of Topliss-reactive ketones (excluding diaryl/α,β-unsaturated/α-hetero) is 2. The van der Waals surface area contributed by atoms with E-state index in [4.69, 9.17) is 25.3 Å². The molecular weight excluding hydrogens is 614 g/mol. The highest BCUT2D eigenvalue weighted by Gasteiger charge is 2.49. The Labute approximate surface area is 271 Å². The lowest BCUT2D eigenvalue weighted by atomic mass is 9.63. The van der Waals surface area contributed by atoms with Crippen molar-refractivity contribution in [3.8, 4) is 11.5 Å². The lowest BCUT2D eigenvalue weighted by Crippen LogP contribution is -2.45. The Morgan fingerprint density at radius 1 is 0.911 bits per heavy atom. The minimum Gasteiger partial charge on any atom is -0.490 e. The van der Waals surface area contributed by atoms with Crippen LogP contribution in [0.25, 0.3) is 0 Å². The van der Waals surface area contributed by atoms with Gasteiger partial charge in [0.1, 0.15) is 4.90 Å².